The summed E-state index contributed by atoms with van der Waals surface area (Å²) in [6.07, 6.45) is 5.34. The second-order valence-corrected chi connectivity index (χ2v) is 6.80. The van der Waals surface area contributed by atoms with Gasteiger partial charge in [-0.15, -0.1) is 16.4 Å². The number of pyridine rings is 1. The second-order valence-electron chi connectivity index (χ2n) is 4.81. The van der Waals surface area contributed by atoms with E-state index in [9.17, 15) is 0 Å². The maximum atomic E-state index is 5.20. The maximum Gasteiger partial charge on any atom is 0.214 e. The summed E-state index contributed by atoms with van der Waals surface area (Å²) in [7, 11) is 1.62. The molecule has 0 fully saturated rings. The van der Waals surface area contributed by atoms with Crippen LogP contribution in [-0.4, -0.2) is 26.7 Å². The van der Waals surface area contributed by atoms with Gasteiger partial charge >= 0.3 is 0 Å². The summed E-state index contributed by atoms with van der Waals surface area (Å²) in [5, 5.41) is 10.8. The minimum absolute atomic E-state index is 0.713. The minimum atomic E-state index is 0.713. The molecule has 4 aromatic heterocycles. The Hall–Kier alpha value is -2.45. The van der Waals surface area contributed by atoms with Crippen LogP contribution in [0.2, 0.25) is 0 Å². The number of imidazole rings is 1. The van der Waals surface area contributed by atoms with Gasteiger partial charge in [0.25, 0.3) is 0 Å². The summed E-state index contributed by atoms with van der Waals surface area (Å²) >= 11 is 3.25. The first-order valence-electron chi connectivity index (χ1n) is 6.94. The molecule has 0 aliphatic rings. The van der Waals surface area contributed by atoms with Crippen LogP contribution in [0.25, 0.3) is 16.2 Å². The van der Waals surface area contributed by atoms with Gasteiger partial charge in [0.05, 0.1) is 31.7 Å². The molecule has 4 aromatic rings. The predicted molar refractivity (Wildman–Crippen MR) is 92.3 cm³/mol. The topological polar surface area (TPSA) is 64.3 Å². The molecule has 1 N–H and O–H groups in total. The van der Waals surface area contributed by atoms with Crippen LogP contribution in [0.3, 0.4) is 0 Å². The molecule has 6 nitrogen and oxygen atoms in total. The predicted octanol–water partition coefficient (Wildman–Crippen LogP) is 3.54. The quantitative estimate of drug-likeness (QED) is 0.600. The Balaban J connectivity index is 1.56. The lowest BCUT2D eigenvalue weighted by Gasteiger charge is -2.00. The average molecular weight is 343 g/mol. The van der Waals surface area contributed by atoms with E-state index in [0.717, 1.165) is 27.9 Å². The van der Waals surface area contributed by atoms with E-state index >= 15 is 0 Å². The molecule has 0 aliphatic carbocycles. The van der Waals surface area contributed by atoms with Crippen molar-refractivity contribution in [2.75, 3.05) is 12.4 Å². The first-order chi connectivity index (χ1) is 11.3. The van der Waals surface area contributed by atoms with Crippen LogP contribution in [0, 0.1) is 0 Å². The normalized spacial score (nSPS) is 11.0. The van der Waals surface area contributed by atoms with E-state index in [1.165, 1.54) is 16.2 Å². The van der Waals surface area contributed by atoms with Crippen molar-refractivity contribution in [2.45, 2.75) is 6.54 Å². The molecule has 0 spiro atoms. The van der Waals surface area contributed by atoms with Gasteiger partial charge in [-0.25, -0.2) is 9.50 Å². The summed E-state index contributed by atoms with van der Waals surface area (Å²) in [6, 6.07) is 6.06. The van der Waals surface area contributed by atoms with Gasteiger partial charge in [0.15, 0.2) is 0 Å². The lowest BCUT2D eigenvalue weighted by Crippen LogP contribution is -1.97. The molecule has 0 unspecified atom stereocenters. The Morgan fingerprint density at radius 2 is 2.30 bits per heavy atom. The van der Waals surface area contributed by atoms with Gasteiger partial charge in [0.2, 0.25) is 10.1 Å². The third kappa shape index (κ3) is 2.90. The minimum Gasteiger partial charge on any atom is -0.495 e. The van der Waals surface area contributed by atoms with Crippen molar-refractivity contribution >= 4 is 32.8 Å². The SMILES string of the molecule is COc1cncc(-c2cn3nc(NCc4cccs4)sc3n2)c1. The van der Waals surface area contributed by atoms with E-state index in [1.54, 1.807) is 35.4 Å². The molecule has 8 heteroatoms. The third-order valence-electron chi connectivity index (χ3n) is 3.28. The lowest BCUT2D eigenvalue weighted by atomic mass is 10.2. The first-order valence-corrected chi connectivity index (χ1v) is 8.63. The molecular formula is C15H13N5OS2. The molecule has 0 saturated carbocycles. The number of hydrogen-bond donors (Lipinski definition) is 1. The van der Waals surface area contributed by atoms with Crippen LogP contribution < -0.4 is 10.1 Å². The summed E-state index contributed by atoms with van der Waals surface area (Å²) < 4.78 is 6.99. The molecule has 4 rings (SSSR count). The van der Waals surface area contributed by atoms with Crippen molar-refractivity contribution in [1.82, 2.24) is 19.6 Å². The van der Waals surface area contributed by atoms with E-state index in [-0.39, 0.29) is 0 Å². The van der Waals surface area contributed by atoms with E-state index in [0.29, 0.717) is 5.75 Å². The average Bonchev–Trinajstić information content (AvgIpc) is 3.28. The fourth-order valence-corrected chi connectivity index (χ4v) is 3.58. The van der Waals surface area contributed by atoms with Crippen molar-refractivity contribution in [2.24, 2.45) is 0 Å². The fourth-order valence-electron chi connectivity index (χ4n) is 2.16. The molecule has 23 heavy (non-hydrogen) atoms. The van der Waals surface area contributed by atoms with Crippen molar-refractivity contribution in [3.63, 3.8) is 0 Å². The van der Waals surface area contributed by atoms with Crippen LogP contribution in [0.15, 0.2) is 42.2 Å². The van der Waals surface area contributed by atoms with Crippen LogP contribution in [0.5, 0.6) is 5.75 Å². The molecule has 4 heterocycles. The van der Waals surface area contributed by atoms with Gasteiger partial charge in [-0.2, -0.15) is 0 Å². The lowest BCUT2D eigenvalue weighted by molar-refractivity contribution is 0.413. The van der Waals surface area contributed by atoms with E-state index in [2.05, 4.69) is 31.8 Å². The highest BCUT2D eigenvalue weighted by Gasteiger charge is 2.10. The Kier molecular flexibility index (Phi) is 3.68. The van der Waals surface area contributed by atoms with Crippen LogP contribution >= 0.6 is 22.7 Å². The number of methoxy groups -OCH3 is 1. The van der Waals surface area contributed by atoms with Crippen LogP contribution in [0.4, 0.5) is 5.13 Å². The number of nitrogens with one attached hydrogen (secondary N) is 1. The Morgan fingerprint density at radius 1 is 1.35 bits per heavy atom. The van der Waals surface area contributed by atoms with E-state index in [1.807, 2.05) is 18.3 Å². The standard InChI is InChI=1S/C15H13N5OS2/c1-21-11-5-10(6-16-7-11)13-9-20-15(18-13)23-14(19-20)17-8-12-3-2-4-22-12/h2-7,9H,8H2,1H3,(H,17,19). The number of anilines is 1. The van der Waals surface area contributed by atoms with Gasteiger partial charge in [-0.3, -0.25) is 4.98 Å². The maximum absolute atomic E-state index is 5.20. The molecular weight excluding hydrogens is 330 g/mol. The Labute approximate surface area is 140 Å². The van der Waals surface area contributed by atoms with Gasteiger partial charge in [-0.05, 0) is 17.5 Å². The van der Waals surface area contributed by atoms with Crippen molar-refractivity contribution in [3.8, 4) is 17.0 Å². The van der Waals surface area contributed by atoms with E-state index < -0.39 is 0 Å². The number of ether oxygens (including phenoxy) is 1. The largest absolute Gasteiger partial charge is 0.495 e. The molecule has 0 amide bonds. The molecule has 116 valence electrons. The van der Waals surface area contributed by atoms with Crippen molar-refractivity contribution in [1.29, 1.82) is 0 Å². The zero-order valence-electron chi connectivity index (χ0n) is 12.3. The number of thiophene rings is 1. The van der Waals surface area contributed by atoms with Crippen LogP contribution in [-0.2, 0) is 6.54 Å². The summed E-state index contributed by atoms with van der Waals surface area (Å²) in [6.45, 7) is 0.779. The fraction of sp³-hybridized carbons (Fsp3) is 0.133. The molecule has 0 radical (unpaired) electrons. The van der Waals surface area contributed by atoms with E-state index in [4.69, 9.17) is 4.74 Å². The Morgan fingerprint density at radius 3 is 3.09 bits per heavy atom. The number of rotatable bonds is 5. The highest BCUT2D eigenvalue weighted by atomic mass is 32.1. The van der Waals surface area contributed by atoms with Gasteiger partial charge in [0.1, 0.15) is 5.75 Å². The third-order valence-corrected chi connectivity index (χ3v) is 5.04. The molecule has 0 atom stereocenters. The number of fused-ring (bicyclic) bond motifs is 1. The smallest absolute Gasteiger partial charge is 0.214 e. The Bertz CT molecular complexity index is 897. The number of aromatic nitrogens is 4. The summed E-state index contributed by atoms with van der Waals surface area (Å²) in [5.41, 5.74) is 1.75. The van der Waals surface area contributed by atoms with Gasteiger partial charge < -0.3 is 10.1 Å². The molecule has 0 aromatic carbocycles. The monoisotopic (exact) mass is 343 g/mol. The number of nitrogens with zero attached hydrogens (tertiary/aromatic N) is 4. The van der Waals surface area contributed by atoms with Crippen molar-refractivity contribution in [3.05, 3.63) is 47.0 Å². The molecule has 0 aliphatic heterocycles. The zero-order chi connectivity index (χ0) is 15.6. The highest BCUT2D eigenvalue weighted by molar-refractivity contribution is 7.20. The second kappa shape index (κ2) is 5.98. The van der Waals surface area contributed by atoms with Gasteiger partial charge in [0, 0.05) is 16.6 Å². The summed E-state index contributed by atoms with van der Waals surface area (Å²) in [5.74, 6) is 0.713. The first kappa shape index (κ1) is 14.2. The highest BCUT2D eigenvalue weighted by Crippen LogP contribution is 2.26. The summed E-state index contributed by atoms with van der Waals surface area (Å²) in [4.78, 5) is 10.9. The van der Waals surface area contributed by atoms with Crippen LogP contribution in [0.1, 0.15) is 4.88 Å². The van der Waals surface area contributed by atoms with Crippen molar-refractivity contribution < 1.29 is 4.74 Å². The number of hydrogen-bond acceptors (Lipinski definition) is 7. The zero-order valence-corrected chi connectivity index (χ0v) is 13.9. The van der Waals surface area contributed by atoms with Gasteiger partial charge in [-0.1, -0.05) is 17.4 Å². The molecule has 0 bridgehead atoms. The molecule has 0 saturated heterocycles.